The van der Waals surface area contributed by atoms with Crippen LogP contribution in [0, 0.1) is 0 Å². The monoisotopic (exact) mass is 255 g/mol. The van der Waals surface area contributed by atoms with Gasteiger partial charge in [0.2, 0.25) is 5.91 Å². The maximum absolute atomic E-state index is 11.9. The minimum Gasteiger partial charge on any atom is -0.374 e. The van der Waals surface area contributed by atoms with Crippen molar-refractivity contribution < 1.29 is 9.53 Å². The summed E-state index contributed by atoms with van der Waals surface area (Å²) in [5.74, 6) is 0.0559. The predicted molar refractivity (Wildman–Crippen MR) is 72.5 cm³/mol. The first kappa shape index (κ1) is 15.1. The molecule has 0 aromatic rings. The first-order chi connectivity index (χ1) is 8.54. The number of carbonyl (C=O) groups is 1. The average molecular weight is 255 g/mol. The summed E-state index contributed by atoms with van der Waals surface area (Å²) < 4.78 is 5.70. The van der Waals surface area contributed by atoms with Crippen molar-refractivity contribution in [3.63, 3.8) is 0 Å². The van der Waals surface area contributed by atoms with Crippen molar-refractivity contribution in [3.8, 4) is 0 Å². The maximum Gasteiger partial charge on any atom is 0.237 e. The first-order valence-electron chi connectivity index (χ1n) is 6.43. The zero-order valence-corrected chi connectivity index (χ0v) is 11.7. The van der Waals surface area contributed by atoms with Gasteiger partial charge < -0.3 is 15.0 Å². The van der Waals surface area contributed by atoms with Crippen LogP contribution >= 0.6 is 0 Å². The van der Waals surface area contributed by atoms with Crippen LogP contribution in [-0.2, 0) is 9.53 Å². The number of likely N-dealkylation sites (N-methyl/N-ethyl adjacent to an activating group) is 1. The van der Waals surface area contributed by atoms with Gasteiger partial charge in [-0.25, -0.2) is 0 Å². The molecular formula is C13H25N3O2. The Bertz CT molecular complexity index is 281. The Morgan fingerprint density at radius 3 is 3.00 bits per heavy atom. The van der Waals surface area contributed by atoms with E-state index in [1.165, 1.54) is 0 Å². The lowest BCUT2D eigenvalue weighted by molar-refractivity contribution is -0.129. The molecule has 1 aliphatic rings. The third kappa shape index (κ3) is 4.76. The number of nitrogens with one attached hydrogen (secondary N) is 1. The fourth-order valence-electron chi connectivity index (χ4n) is 2.10. The quantitative estimate of drug-likeness (QED) is 0.675. The fraction of sp³-hybridized carbons (Fsp3) is 0.769. The molecule has 0 aliphatic carbocycles. The summed E-state index contributed by atoms with van der Waals surface area (Å²) in [7, 11) is 4.06. The van der Waals surface area contributed by atoms with Gasteiger partial charge >= 0.3 is 0 Å². The molecule has 5 nitrogen and oxygen atoms in total. The van der Waals surface area contributed by atoms with Gasteiger partial charge in [-0.2, -0.15) is 0 Å². The third-order valence-corrected chi connectivity index (χ3v) is 3.09. The molecule has 104 valence electrons. The van der Waals surface area contributed by atoms with Crippen LogP contribution in [0.25, 0.3) is 0 Å². The number of ether oxygens (including phenoxy) is 1. The molecule has 0 unspecified atom stereocenters. The molecule has 0 spiro atoms. The van der Waals surface area contributed by atoms with Crippen molar-refractivity contribution in [1.29, 1.82) is 0 Å². The van der Waals surface area contributed by atoms with Crippen molar-refractivity contribution in [1.82, 2.24) is 15.1 Å². The van der Waals surface area contributed by atoms with Crippen LogP contribution in [0.4, 0.5) is 0 Å². The normalized spacial score (nSPS) is 22.8. The molecule has 0 saturated carbocycles. The van der Waals surface area contributed by atoms with Gasteiger partial charge in [-0.3, -0.25) is 9.69 Å². The Labute approximate surface area is 110 Å². The lowest BCUT2D eigenvalue weighted by Gasteiger charge is -2.37. The Balaban J connectivity index is 2.44. The van der Waals surface area contributed by atoms with E-state index in [-0.39, 0.29) is 18.1 Å². The molecule has 1 fully saturated rings. The van der Waals surface area contributed by atoms with E-state index in [0.717, 1.165) is 19.6 Å². The van der Waals surface area contributed by atoms with Gasteiger partial charge in [-0.05, 0) is 21.0 Å². The van der Waals surface area contributed by atoms with Crippen LogP contribution < -0.4 is 5.32 Å². The molecule has 0 radical (unpaired) electrons. The number of hydrogen-bond acceptors (Lipinski definition) is 4. The standard InChI is InChI=1S/C13H25N3O2/c1-5-6-14-13(17)11(2)16-7-8-18-12(10-16)9-15(3)4/h5,11-12H,1,6-10H2,2-4H3,(H,14,17)/t11-,12+/m0/s1. The second-order valence-electron chi connectivity index (χ2n) is 4.96. The lowest BCUT2D eigenvalue weighted by atomic mass is 10.2. The van der Waals surface area contributed by atoms with E-state index in [4.69, 9.17) is 4.74 Å². The summed E-state index contributed by atoms with van der Waals surface area (Å²) in [6.45, 7) is 9.26. The summed E-state index contributed by atoms with van der Waals surface area (Å²) in [5.41, 5.74) is 0. The molecule has 0 aromatic carbocycles. The number of morpholine rings is 1. The zero-order valence-electron chi connectivity index (χ0n) is 11.7. The highest BCUT2D eigenvalue weighted by atomic mass is 16.5. The van der Waals surface area contributed by atoms with Crippen LogP contribution in [0.15, 0.2) is 12.7 Å². The van der Waals surface area contributed by atoms with Crippen molar-refractivity contribution in [3.05, 3.63) is 12.7 Å². The highest BCUT2D eigenvalue weighted by molar-refractivity contribution is 5.81. The molecule has 1 N–H and O–H groups in total. The lowest BCUT2D eigenvalue weighted by Crippen LogP contribution is -2.53. The molecule has 2 atom stereocenters. The minimum absolute atomic E-state index is 0.0559. The van der Waals surface area contributed by atoms with Crippen molar-refractivity contribution in [2.75, 3.05) is 46.9 Å². The summed E-state index contributed by atoms with van der Waals surface area (Å²) in [6, 6.07) is -0.112. The van der Waals surface area contributed by atoms with Crippen LogP contribution in [-0.4, -0.2) is 74.7 Å². The molecule has 1 saturated heterocycles. The highest BCUT2D eigenvalue weighted by Gasteiger charge is 2.27. The Morgan fingerprint density at radius 1 is 1.67 bits per heavy atom. The van der Waals surface area contributed by atoms with E-state index in [9.17, 15) is 4.79 Å². The predicted octanol–water partition coefficient (Wildman–Crippen LogP) is -0.0605. The Morgan fingerprint density at radius 2 is 2.39 bits per heavy atom. The smallest absolute Gasteiger partial charge is 0.237 e. The number of hydrogen-bond donors (Lipinski definition) is 1. The summed E-state index contributed by atoms with van der Waals surface area (Å²) in [6.07, 6.45) is 1.88. The summed E-state index contributed by atoms with van der Waals surface area (Å²) in [4.78, 5) is 16.2. The number of rotatable bonds is 6. The second-order valence-corrected chi connectivity index (χ2v) is 4.96. The topological polar surface area (TPSA) is 44.8 Å². The van der Waals surface area contributed by atoms with E-state index in [0.29, 0.717) is 13.2 Å². The van der Waals surface area contributed by atoms with Gasteiger partial charge in [-0.15, -0.1) is 6.58 Å². The fourth-order valence-corrected chi connectivity index (χ4v) is 2.10. The SMILES string of the molecule is C=CCNC(=O)[C@H](C)N1CCO[C@H](CN(C)C)C1. The molecule has 0 bridgehead atoms. The first-order valence-corrected chi connectivity index (χ1v) is 6.43. The van der Waals surface area contributed by atoms with Crippen LogP contribution in [0.3, 0.4) is 0 Å². The summed E-state index contributed by atoms with van der Waals surface area (Å²) in [5, 5.41) is 2.84. The number of carbonyl (C=O) groups excluding carboxylic acids is 1. The van der Waals surface area contributed by atoms with Crippen LogP contribution in [0.2, 0.25) is 0 Å². The van der Waals surface area contributed by atoms with Gasteiger partial charge in [0.1, 0.15) is 0 Å². The van der Waals surface area contributed by atoms with Crippen molar-refractivity contribution >= 4 is 5.91 Å². The molecule has 1 amide bonds. The van der Waals surface area contributed by atoms with Crippen LogP contribution in [0.1, 0.15) is 6.92 Å². The largest absolute Gasteiger partial charge is 0.374 e. The molecule has 0 aromatic heterocycles. The van der Waals surface area contributed by atoms with Gasteiger partial charge in [0.25, 0.3) is 0 Å². The van der Waals surface area contributed by atoms with E-state index < -0.39 is 0 Å². The minimum atomic E-state index is -0.112. The van der Waals surface area contributed by atoms with E-state index >= 15 is 0 Å². The highest BCUT2D eigenvalue weighted by Crippen LogP contribution is 2.09. The van der Waals surface area contributed by atoms with Crippen molar-refractivity contribution in [2.45, 2.75) is 19.1 Å². The summed E-state index contributed by atoms with van der Waals surface area (Å²) >= 11 is 0. The molecule has 1 rings (SSSR count). The Kier molecular flexibility index (Phi) is 6.32. The number of nitrogens with zero attached hydrogens (tertiary/aromatic N) is 2. The Hall–Kier alpha value is -0.910. The molecule has 1 aliphatic heterocycles. The van der Waals surface area contributed by atoms with E-state index in [2.05, 4.69) is 21.7 Å². The maximum atomic E-state index is 11.9. The van der Waals surface area contributed by atoms with Gasteiger partial charge in [-0.1, -0.05) is 6.08 Å². The molecular weight excluding hydrogens is 230 g/mol. The molecule has 1 heterocycles. The van der Waals surface area contributed by atoms with Gasteiger partial charge in [0, 0.05) is 26.2 Å². The van der Waals surface area contributed by atoms with Crippen molar-refractivity contribution in [2.24, 2.45) is 0 Å². The number of amides is 1. The second kappa shape index (κ2) is 7.51. The van der Waals surface area contributed by atoms with Gasteiger partial charge in [0.05, 0.1) is 18.8 Å². The molecule has 5 heteroatoms. The van der Waals surface area contributed by atoms with E-state index in [1.807, 2.05) is 21.0 Å². The average Bonchev–Trinajstić information content (AvgIpc) is 2.34. The third-order valence-electron chi connectivity index (χ3n) is 3.09. The zero-order chi connectivity index (χ0) is 13.5. The van der Waals surface area contributed by atoms with Gasteiger partial charge in [0.15, 0.2) is 0 Å². The molecule has 18 heavy (non-hydrogen) atoms. The van der Waals surface area contributed by atoms with E-state index in [1.54, 1.807) is 6.08 Å². The van der Waals surface area contributed by atoms with Crippen LogP contribution in [0.5, 0.6) is 0 Å².